The Bertz CT molecular complexity index is 805. The number of anilines is 1. The Hall–Kier alpha value is -3.22. The smallest absolute Gasteiger partial charge is 0.412 e. The van der Waals surface area contributed by atoms with E-state index in [9.17, 15) is 9.18 Å². The van der Waals surface area contributed by atoms with E-state index >= 15 is 0 Å². The molecule has 1 aromatic carbocycles. The molecule has 116 valence electrons. The normalized spacial score (nSPS) is 10.3. The summed E-state index contributed by atoms with van der Waals surface area (Å²) in [5.41, 5.74) is 1.84. The second-order valence-electron chi connectivity index (χ2n) is 4.70. The number of hydrogen-bond acceptors (Lipinski definition) is 4. The quantitative estimate of drug-likeness (QED) is 0.751. The lowest BCUT2D eigenvalue weighted by Gasteiger charge is -2.05. The van der Waals surface area contributed by atoms with Crippen LogP contribution >= 0.6 is 0 Å². The fourth-order valence-electron chi connectivity index (χ4n) is 1.94. The highest BCUT2D eigenvalue weighted by molar-refractivity contribution is 5.84. The molecular formula is C16H13FN4O2. The SMILES string of the molecule is O=C(Nc1cnn(-c2ccnc(F)c2)c1)OCc1ccccc1. The van der Waals surface area contributed by atoms with Gasteiger partial charge in [0.25, 0.3) is 0 Å². The number of amides is 1. The standard InChI is InChI=1S/C16H13FN4O2/c17-15-8-14(6-7-18-15)21-10-13(9-19-21)20-16(22)23-11-12-4-2-1-3-5-12/h1-10H,11H2,(H,20,22). The molecule has 3 rings (SSSR count). The number of pyridine rings is 1. The van der Waals surface area contributed by atoms with Crippen LogP contribution < -0.4 is 5.32 Å². The Labute approximate surface area is 131 Å². The Morgan fingerprint density at radius 3 is 2.87 bits per heavy atom. The summed E-state index contributed by atoms with van der Waals surface area (Å²) in [6.45, 7) is 0.177. The van der Waals surface area contributed by atoms with Crippen LogP contribution in [0.5, 0.6) is 0 Å². The summed E-state index contributed by atoms with van der Waals surface area (Å²) in [5.74, 6) is -0.602. The van der Waals surface area contributed by atoms with Crippen LogP contribution in [-0.2, 0) is 11.3 Å². The molecule has 0 saturated carbocycles. The molecule has 1 N–H and O–H groups in total. The van der Waals surface area contributed by atoms with E-state index in [4.69, 9.17) is 4.74 Å². The summed E-state index contributed by atoms with van der Waals surface area (Å²) in [4.78, 5) is 15.2. The molecule has 1 amide bonds. The Kier molecular flexibility index (Phi) is 4.28. The lowest BCUT2D eigenvalue weighted by atomic mass is 10.2. The van der Waals surface area contributed by atoms with Crippen LogP contribution in [-0.4, -0.2) is 20.9 Å². The van der Waals surface area contributed by atoms with Gasteiger partial charge in [0.2, 0.25) is 5.95 Å². The number of nitrogens with one attached hydrogen (secondary N) is 1. The van der Waals surface area contributed by atoms with E-state index in [-0.39, 0.29) is 6.61 Å². The monoisotopic (exact) mass is 312 g/mol. The number of carbonyl (C=O) groups is 1. The van der Waals surface area contributed by atoms with Crippen LogP contribution in [0.25, 0.3) is 5.69 Å². The Balaban J connectivity index is 1.59. The van der Waals surface area contributed by atoms with Gasteiger partial charge < -0.3 is 4.74 Å². The van der Waals surface area contributed by atoms with E-state index < -0.39 is 12.0 Å². The molecule has 2 aromatic heterocycles. The molecule has 0 bridgehead atoms. The summed E-state index contributed by atoms with van der Waals surface area (Å²) in [6.07, 6.45) is 3.75. The van der Waals surface area contributed by atoms with Crippen molar-refractivity contribution in [3.05, 3.63) is 72.6 Å². The predicted octanol–water partition coefficient (Wildman–Crippen LogP) is 3.16. The van der Waals surface area contributed by atoms with Crippen LogP contribution in [0.3, 0.4) is 0 Å². The van der Waals surface area contributed by atoms with Crippen molar-refractivity contribution in [3.8, 4) is 5.69 Å². The van der Waals surface area contributed by atoms with Crippen molar-refractivity contribution in [2.45, 2.75) is 6.61 Å². The lowest BCUT2D eigenvalue weighted by Crippen LogP contribution is -2.13. The van der Waals surface area contributed by atoms with Crippen molar-refractivity contribution >= 4 is 11.8 Å². The summed E-state index contributed by atoms with van der Waals surface area (Å²) in [7, 11) is 0. The van der Waals surface area contributed by atoms with Gasteiger partial charge >= 0.3 is 6.09 Å². The highest BCUT2D eigenvalue weighted by atomic mass is 19.1. The summed E-state index contributed by atoms with van der Waals surface area (Å²) in [5, 5.41) is 6.61. The second-order valence-corrected chi connectivity index (χ2v) is 4.70. The van der Waals surface area contributed by atoms with Crippen molar-refractivity contribution in [2.75, 3.05) is 5.32 Å². The molecule has 0 spiro atoms. The van der Waals surface area contributed by atoms with Crippen LogP contribution in [0, 0.1) is 5.95 Å². The van der Waals surface area contributed by atoms with Gasteiger partial charge in [0.15, 0.2) is 0 Å². The predicted molar refractivity (Wildman–Crippen MR) is 81.6 cm³/mol. The lowest BCUT2D eigenvalue weighted by molar-refractivity contribution is 0.155. The molecule has 7 heteroatoms. The first-order valence-electron chi connectivity index (χ1n) is 6.85. The summed E-state index contributed by atoms with van der Waals surface area (Å²) < 4.78 is 19.6. The van der Waals surface area contributed by atoms with E-state index in [1.54, 1.807) is 12.3 Å². The number of ether oxygens (including phenoxy) is 1. The zero-order chi connectivity index (χ0) is 16.1. The summed E-state index contributed by atoms with van der Waals surface area (Å²) >= 11 is 0. The third kappa shape index (κ3) is 3.91. The van der Waals surface area contributed by atoms with Crippen LogP contribution in [0.4, 0.5) is 14.9 Å². The molecule has 0 aliphatic rings. The maximum absolute atomic E-state index is 13.1. The first-order valence-corrected chi connectivity index (χ1v) is 6.85. The van der Waals surface area contributed by atoms with Gasteiger partial charge in [0, 0.05) is 12.3 Å². The maximum atomic E-state index is 13.1. The van der Waals surface area contributed by atoms with Gasteiger partial charge in [0.05, 0.1) is 23.8 Å². The molecular weight excluding hydrogens is 299 g/mol. The minimum atomic E-state index is -0.602. The zero-order valence-corrected chi connectivity index (χ0v) is 12.0. The van der Waals surface area contributed by atoms with E-state index in [0.29, 0.717) is 11.4 Å². The zero-order valence-electron chi connectivity index (χ0n) is 12.0. The van der Waals surface area contributed by atoms with Crippen molar-refractivity contribution in [1.29, 1.82) is 0 Å². The molecule has 23 heavy (non-hydrogen) atoms. The Morgan fingerprint density at radius 2 is 2.09 bits per heavy atom. The van der Waals surface area contributed by atoms with Gasteiger partial charge in [-0.05, 0) is 11.6 Å². The van der Waals surface area contributed by atoms with Crippen molar-refractivity contribution in [2.24, 2.45) is 0 Å². The van der Waals surface area contributed by atoms with Crippen molar-refractivity contribution in [3.63, 3.8) is 0 Å². The molecule has 0 saturated heterocycles. The van der Waals surface area contributed by atoms with Gasteiger partial charge in [0.1, 0.15) is 6.61 Å². The third-order valence-electron chi connectivity index (χ3n) is 3.02. The molecule has 0 aliphatic carbocycles. The van der Waals surface area contributed by atoms with E-state index in [1.807, 2.05) is 30.3 Å². The van der Waals surface area contributed by atoms with Gasteiger partial charge in [-0.1, -0.05) is 30.3 Å². The van der Waals surface area contributed by atoms with Gasteiger partial charge in [-0.15, -0.1) is 0 Å². The average Bonchev–Trinajstić information content (AvgIpc) is 3.02. The molecule has 0 unspecified atom stereocenters. The Morgan fingerprint density at radius 1 is 1.26 bits per heavy atom. The molecule has 0 fully saturated rings. The number of aromatic nitrogens is 3. The highest BCUT2D eigenvalue weighted by Gasteiger charge is 2.07. The molecule has 3 aromatic rings. The number of benzene rings is 1. The molecule has 6 nitrogen and oxygen atoms in total. The molecule has 0 atom stereocenters. The fraction of sp³-hybridized carbons (Fsp3) is 0.0625. The van der Waals surface area contributed by atoms with Crippen LogP contribution in [0.1, 0.15) is 5.56 Å². The van der Waals surface area contributed by atoms with Crippen LogP contribution in [0.15, 0.2) is 61.1 Å². The minimum absolute atomic E-state index is 0.177. The maximum Gasteiger partial charge on any atom is 0.412 e. The van der Waals surface area contributed by atoms with E-state index in [0.717, 1.165) is 5.56 Å². The number of rotatable bonds is 4. The molecule has 0 aliphatic heterocycles. The second kappa shape index (κ2) is 6.69. The van der Waals surface area contributed by atoms with Crippen molar-refractivity contribution in [1.82, 2.24) is 14.8 Å². The summed E-state index contributed by atoms with van der Waals surface area (Å²) in [6, 6.07) is 12.2. The third-order valence-corrected chi connectivity index (χ3v) is 3.02. The molecule has 0 radical (unpaired) electrons. The van der Waals surface area contributed by atoms with Crippen molar-refractivity contribution < 1.29 is 13.9 Å². The minimum Gasteiger partial charge on any atom is -0.444 e. The van der Waals surface area contributed by atoms with Crippen LogP contribution in [0.2, 0.25) is 0 Å². The van der Waals surface area contributed by atoms with Gasteiger partial charge in [-0.25, -0.2) is 14.5 Å². The number of nitrogens with zero attached hydrogens (tertiary/aromatic N) is 3. The van der Waals surface area contributed by atoms with E-state index in [2.05, 4.69) is 15.4 Å². The van der Waals surface area contributed by atoms with Gasteiger partial charge in [-0.2, -0.15) is 9.49 Å². The highest BCUT2D eigenvalue weighted by Crippen LogP contribution is 2.12. The topological polar surface area (TPSA) is 69.0 Å². The average molecular weight is 312 g/mol. The first-order chi connectivity index (χ1) is 11.2. The largest absolute Gasteiger partial charge is 0.444 e. The number of carbonyl (C=O) groups excluding carboxylic acids is 1. The fourth-order valence-corrected chi connectivity index (χ4v) is 1.94. The number of halogens is 1. The van der Waals surface area contributed by atoms with E-state index in [1.165, 1.54) is 23.1 Å². The van der Waals surface area contributed by atoms with Gasteiger partial charge in [-0.3, -0.25) is 5.32 Å². The number of hydrogen-bond donors (Lipinski definition) is 1. The first kappa shape index (κ1) is 14.7. The molecule has 2 heterocycles.